The van der Waals surface area contributed by atoms with Crippen LogP contribution in [0.4, 0.5) is 13.6 Å². The highest BCUT2D eigenvalue weighted by atomic mass is 32.2. The van der Waals surface area contributed by atoms with Crippen molar-refractivity contribution in [2.45, 2.75) is 4.90 Å². The first-order valence-corrected chi connectivity index (χ1v) is 7.76. The molecule has 1 rings (SSSR count). The Bertz CT molecular complexity index is 733. The molecule has 0 saturated carbocycles. The molecule has 0 heterocycles. The number of carbonyl (C=O) groups excluding carboxylic acids is 3. The molecule has 0 aliphatic heterocycles. The molecular weight excluding hydrogens is 352 g/mol. The molecule has 1 aromatic rings. The summed E-state index contributed by atoms with van der Waals surface area (Å²) in [5.74, 6) is -4.81. The molecule has 0 aliphatic rings. The number of halogens is 2. The van der Waals surface area contributed by atoms with E-state index in [1.807, 2.05) is 0 Å². The van der Waals surface area contributed by atoms with Gasteiger partial charge in [0.15, 0.2) is 11.5 Å². The molecule has 3 amide bonds. The van der Waals surface area contributed by atoms with Crippen molar-refractivity contribution >= 4 is 27.9 Å². The SMILES string of the molecule is CNC(=O)NC(=O)COC(=O)CNS(=O)(=O)c1c(F)cccc1F. The van der Waals surface area contributed by atoms with Gasteiger partial charge < -0.3 is 10.1 Å². The monoisotopic (exact) mass is 365 g/mol. The van der Waals surface area contributed by atoms with Crippen LogP contribution in [0, 0.1) is 11.6 Å². The molecule has 12 heteroatoms. The van der Waals surface area contributed by atoms with Crippen molar-refractivity contribution in [3.8, 4) is 0 Å². The summed E-state index contributed by atoms with van der Waals surface area (Å²) in [6.45, 7) is -1.81. The van der Waals surface area contributed by atoms with Crippen molar-refractivity contribution in [1.29, 1.82) is 0 Å². The lowest BCUT2D eigenvalue weighted by Crippen LogP contribution is -2.40. The number of carbonyl (C=O) groups is 3. The van der Waals surface area contributed by atoms with Crippen LogP contribution in [0.3, 0.4) is 0 Å². The molecule has 0 saturated heterocycles. The van der Waals surface area contributed by atoms with E-state index in [0.717, 1.165) is 18.2 Å². The number of esters is 1. The van der Waals surface area contributed by atoms with Crippen molar-refractivity contribution < 1.29 is 36.3 Å². The predicted octanol–water partition coefficient (Wildman–Crippen LogP) is -0.758. The number of ether oxygens (including phenoxy) is 1. The van der Waals surface area contributed by atoms with Crippen LogP contribution >= 0.6 is 0 Å². The Balaban J connectivity index is 2.58. The summed E-state index contributed by atoms with van der Waals surface area (Å²) in [5, 5.41) is 3.88. The molecule has 0 atom stereocenters. The summed E-state index contributed by atoms with van der Waals surface area (Å²) in [4.78, 5) is 32.0. The number of nitrogens with one attached hydrogen (secondary N) is 3. The van der Waals surface area contributed by atoms with Gasteiger partial charge in [-0.1, -0.05) is 6.07 Å². The third-order valence-electron chi connectivity index (χ3n) is 2.44. The average Bonchev–Trinajstić information content (AvgIpc) is 2.50. The summed E-state index contributed by atoms with van der Waals surface area (Å²) in [6.07, 6.45) is 0. The largest absolute Gasteiger partial charge is 0.455 e. The van der Waals surface area contributed by atoms with E-state index in [0.29, 0.717) is 0 Å². The van der Waals surface area contributed by atoms with Crippen LogP contribution in [0.5, 0.6) is 0 Å². The Hall–Kier alpha value is -2.60. The van der Waals surface area contributed by atoms with Crippen LogP contribution in [0.2, 0.25) is 0 Å². The molecule has 0 aliphatic carbocycles. The number of benzene rings is 1. The van der Waals surface area contributed by atoms with Crippen molar-refractivity contribution in [2.75, 3.05) is 20.2 Å². The third-order valence-corrected chi connectivity index (χ3v) is 3.89. The predicted molar refractivity (Wildman–Crippen MR) is 75.1 cm³/mol. The lowest BCUT2D eigenvalue weighted by atomic mass is 10.3. The average molecular weight is 365 g/mol. The Morgan fingerprint density at radius 2 is 1.75 bits per heavy atom. The molecule has 0 bridgehead atoms. The van der Waals surface area contributed by atoms with Crippen molar-refractivity contribution in [3.63, 3.8) is 0 Å². The van der Waals surface area contributed by atoms with E-state index in [4.69, 9.17) is 0 Å². The second-order valence-electron chi connectivity index (χ2n) is 4.16. The first-order valence-electron chi connectivity index (χ1n) is 6.28. The van der Waals surface area contributed by atoms with Crippen molar-refractivity contribution in [2.24, 2.45) is 0 Å². The van der Waals surface area contributed by atoms with Crippen molar-refractivity contribution in [3.05, 3.63) is 29.8 Å². The van der Waals surface area contributed by atoms with Gasteiger partial charge in [-0.05, 0) is 12.1 Å². The maximum Gasteiger partial charge on any atom is 0.321 e. The van der Waals surface area contributed by atoms with Gasteiger partial charge >= 0.3 is 12.0 Å². The lowest BCUT2D eigenvalue weighted by molar-refractivity contribution is -0.147. The molecule has 132 valence electrons. The van der Waals surface area contributed by atoms with E-state index in [9.17, 15) is 31.6 Å². The fraction of sp³-hybridized carbons (Fsp3) is 0.250. The van der Waals surface area contributed by atoms with Crippen LogP contribution in [0.25, 0.3) is 0 Å². The molecule has 0 fully saturated rings. The van der Waals surface area contributed by atoms with E-state index >= 15 is 0 Å². The molecule has 0 radical (unpaired) electrons. The molecule has 0 unspecified atom stereocenters. The molecule has 3 N–H and O–H groups in total. The van der Waals surface area contributed by atoms with Gasteiger partial charge in [-0.15, -0.1) is 0 Å². The van der Waals surface area contributed by atoms with Gasteiger partial charge in [0, 0.05) is 7.05 Å². The Kier molecular flexibility index (Phi) is 6.73. The van der Waals surface area contributed by atoms with Crippen LogP contribution in [-0.2, 0) is 24.3 Å². The normalized spacial score (nSPS) is 10.8. The van der Waals surface area contributed by atoms with E-state index < -0.39 is 57.6 Å². The zero-order chi connectivity index (χ0) is 18.3. The minimum Gasteiger partial charge on any atom is -0.455 e. The first kappa shape index (κ1) is 19.4. The fourth-order valence-electron chi connectivity index (χ4n) is 1.39. The zero-order valence-corrected chi connectivity index (χ0v) is 13.1. The van der Waals surface area contributed by atoms with Gasteiger partial charge in [0.05, 0.1) is 0 Å². The van der Waals surface area contributed by atoms with E-state index in [1.54, 1.807) is 10.0 Å². The molecule has 0 aromatic heterocycles. The van der Waals surface area contributed by atoms with Crippen LogP contribution < -0.4 is 15.4 Å². The second-order valence-corrected chi connectivity index (χ2v) is 5.87. The van der Waals surface area contributed by atoms with Gasteiger partial charge in [0.25, 0.3) is 5.91 Å². The second kappa shape index (κ2) is 8.31. The standard InChI is InChI=1S/C12H13F2N3O6S/c1-15-12(20)17-9(18)6-23-10(19)5-16-24(21,22)11-7(13)3-2-4-8(11)14/h2-4,16H,5-6H2,1H3,(H2,15,17,18,20). The Morgan fingerprint density at radius 3 is 2.29 bits per heavy atom. The highest BCUT2D eigenvalue weighted by Crippen LogP contribution is 2.17. The number of rotatable bonds is 6. The van der Waals surface area contributed by atoms with Crippen LogP contribution in [0.1, 0.15) is 0 Å². The quantitative estimate of drug-likeness (QED) is 0.568. The van der Waals surface area contributed by atoms with E-state index in [1.165, 1.54) is 7.05 Å². The molecule has 1 aromatic carbocycles. The zero-order valence-electron chi connectivity index (χ0n) is 12.3. The maximum atomic E-state index is 13.4. The first-order chi connectivity index (χ1) is 11.2. The van der Waals surface area contributed by atoms with Gasteiger partial charge in [-0.25, -0.2) is 22.0 Å². The summed E-state index contributed by atoms with van der Waals surface area (Å²) in [7, 11) is -3.39. The maximum absolute atomic E-state index is 13.4. The lowest BCUT2D eigenvalue weighted by Gasteiger charge is -2.09. The molecule has 9 nitrogen and oxygen atoms in total. The highest BCUT2D eigenvalue weighted by molar-refractivity contribution is 7.89. The van der Waals surface area contributed by atoms with E-state index in [2.05, 4.69) is 10.1 Å². The molecule has 0 spiro atoms. The number of imide groups is 1. The summed E-state index contributed by atoms with van der Waals surface area (Å²) >= 11 is 0. The molecule has 24 heavy (non-hydrogen) atoms. The fourth-order valence-corrected chi connectivity index (χ4v) is 2.49. The summed E-state index contributed by atoms with van der Waals surface area (Å²) in [6, 6.07) is 1.62. The number of hydrogen-bond donors (Lipinski definition) is 3. The smallest absolute Gasteiger partial charge is 0.321 e. The highest BCUT2D eigenvalue weighted by Gasteiger charge is 2.24. The number of urea groups is 1. The minimum atomic E-state index is -4.64. The minimum absolute atomic E-state index is 0.735. The van der Waals surface area contributed by atoms with Crippen LogP contribution in [0.15, 0.2) is 23.1 Å². The van der Waals surface area contributed by atoms with E-state index in [-0.39, 0.29) is 0 Å². The Labute approximate surface area is 135 Å². The Morgan fingerprint density at radius 1 is 1.17 bits per heavy atom. The number of amides is 3. The van der Waals surface area contributed by atoms with Gasteiger partial charge in [0.1, 0.15) is 18.2 Å². The topological polar surface area (TPSA) is 131 Å². The van der Waals surface area contributed by atoms with Gasteiger partial charge in [-0.2, -0.15) is 4.72 Å². The summed E-state index contributed by atoms with van der Waals surface area (Å²) in [5.41, 5.74) is 0. The van der Waals surface area contributed by atoms with Crippen molar-refractivity contribution in [1.82, 2.24) is 15.4 Å². The van der Waals surface area contributed by atoms with Gasteiger partial charge in [0.2, 0.25) is 10.0 Å². The number of sulfonamides is 1. The molecular formula is C12H13F2N3O6S. The number of hydrogen-bond acceptors (Lipinski definition) is 6. The third kappa shape index (κ3) is 5.55. The summed E-state index contributed by atoms with van der Waals surface area (Å²) < 4.78 is 56.4. The van der Waals surface area contributed by atoms with Crippen LogP contribution in [-0.4, -0.2) is 46.5 Å². The van der Waals surface area contributed by atoms with Gasteiger partial charge in [-0.3, -0.25) is 14.9 Å².